The first-order valence-electron chi connectivity index (χ1n) is 17.9. The Morgan fingerprint density at radius 1 is 0.907 bits per heavy atom. The molecule has 4 aromatic rings. The molecule has 1 aromatic heterocycles. The number of pyridine rings is 1. The summed E-state index contributed by atoms with van der Waals surface area (Å²) in [7, 11) is -3.76. The van der Waals surface area contributed by atoms with Gasteiger partial charge in [0, 0.05) is 24.0 Å². The largest absolute Gasteiger partial charge is 0.390 e. The van der Waals surface area contributed by atoms with Crippen LogP contribution in [0.1, 0.15) is 56.1 Å². The molecule has 6 N–H and O–H groups in total. The fourth-order valence-corrected chi connectivity index (χ4v) is 8.42. The highest BCUT2D eigenvalue weighted by atomic mass is 32.2. The summed E-state index contributed by atoms with van der Waals surface area (Å²) < 4.78 is 27.3. The Hall–Kier alpha value is -5.18. The lowest BCUT2D eigenvalue weighted by atomic mass is 9.96. The molecule has 3 unspecified atom stereocenters. The molecule has 0 aliphatic carbocycles. The molecule has 4 amide bonds. The van der Waals surface area contributed by atoms with Gasteiger partial charge in [-0.05, 0) is 69.9 Å². The van der Waals surface area contributed by atoms with Crippen LogP contribution >= 0.6 is 0 Å². The molecule has 1 aliphatic rings. The number of aliphatic hydroxyl groups excluding tert-OH is 1. The zero-order valence-corrected chi connectivity index (χ0v) is 31.5. The second kappa shape index (κ2) is 17.3. The highest BCUT2D eigenvalue weighted by Crippen LogP contribution is 2.29. The van der Waals surface area contributed by atoms with E-state index in [1.807, 2.05) is 63.2 Å². The summed E-state index contributed by atoms with van der Waals surface area (Å²) in [4.78, 5) is 59.3. The van der Waals surface area contributed by atoms with Crippen LogP contribution in [-0.2, 0) is 30.6 Å². The lowest BCUT2D eigenvalue weighted by molar-refractivity contribution is -0.130. The van der Waals surface area contributed by atoms with Crippen molar-refractivity contribution in [2.24, 2.45) is 5.73 Å². The van der Waals surface area contributed by atoms with E-state index < -0.39 is 69.0 Å². The van der Waals surface area contributed by atoms with Gasteiger partial charge in [0.1, 0.15) is 11.7 Å². The standard InChI is InChI=1S/C40H48N6O7S/c1-40(2,3)45-39(51)34-23-29(54(52,53)28-15-8-5-9-16-28)20-21-46(34)25-35(47)32(22-26-12-6-4-7-13-26)43-38(50)33(24-36(41)48)44-37(49)31-19-18-27-14-10-11-17-30(27)42-31/h4-19,29,32-35,47H,20-25H2,1-3H3,(H2,41,48)(H,43,50)(H,44,49)(H,45,51)/t29-,32?,33?,34+,35?/m1/s1. The Morgan fingerprint density at radius 2 is 1.56 bits per heavy atom. The first-order valence-corrected chi connectivity index (χ1v) is 19.5. The number of likely N-dealkylation sites (tertiary alicyclic amines) is 1. The third-order valence-electron chi connectivity index (χ3n) is 9.35. The number of hydrogen-bond acceptors (Lipinski definition) is 9. The van der Waals surface area contributed by atoms with Crippen molar-refractivity contribution in [2.75, 3.05) is 13.1 Å². The summed E-state index contributed by atoms with van der Waals surface area (Å²) in [5.74, 6) is -2.65. The minimum absolute atomic E-state index is 0.00288. The number of nitrogens with two attached hydrogens (primary N) is 1. The third kappa shape index (κ3) is 10.5. The first kappa shape index (κ1) is 40.0. The van der Waals surface area contributed by atoms with E-state index in [0.717, 1.165) is 10.9 Å². The van der Waals surface area contributed by atoms with Crippen LogP contribution in [0.15, 0.2) is 102 Å². The van der Waals surface area contributed by atoms with E-state index >= 15 is 0 Å². The van der Waals surface area contributed by atoms with Crippen molar-refractivity contribution in [3.63, 3.8) is 0 Å². The summed E-state index contributed by atoms with van der Waals surface area (Å²) in [5, 5.41) is 20.2. The molecule has 0 spiro atoms. The predicted molar refractivity (Wildman–Crippen MR) is 205 cm³/mol. The van der Waals surface area contributed by atoms with Gasteiger partial charge >= 0.3 is 0 Å². The number of fused-ring (bicyclic) bond motifs is 1. The third-order valence-corrected chi connectivity index (χ3v) is 11.6. The molecule has 5 rings (SSSR count). The quantitative estimate of drug-likeness (QED) is 0.128. The molecule has 54 heavy (non-hydrogen) atoms. The van der Waals surface area contributed by atoms with Crippen LogP contribution in [0.4, 0.5) is 0 Å². The second-order valence-corrected chi connectivity index (χ2v) is 16.9. The van der Waals surface area contributed by atoms with Crippen molar-refractivity contribution in [1.82, 2.24) is 25.8 Å². The molecular formula is C40H48N6O7S. The van der Waals surface area contributed by atoms with Crippen LogP contribution in [0.25, 0.3) is 10.9 Å². The Labute approximate surface area is 315 Å². The maximum absolute atomic E-state index is 13.9. The first-order chi connectivity index (χ1) is 25.6. The lowest BCUT2D eigenvalue weighted by Gasteiger charge is -2.41. The van der Waals surface area contributed by atoms with Crippen LogP contribution in [0, 0.1) is 0 Å². The number of nitrogens with zero attached hydrogens (tertiary/aromatic N) is 2. The lowest BCUT2D eigenvalue weighted by Crippen LogP contribution is -2.60. The molecule has 1 fully saturated rings. The Kier molecular flexibility index (Phi) is 12.8. The topological polar surface area (TPSA) is 201 Å². The fourth-order valence-electron chi connectivity index (χ4n) is 6.65. The predicted octanol–water partition coefficient (Wildman–Crippen LogP) is 2.52. The van der Waals surface area contributed by atoms with Crippen LogP contribution in [-0.4, -0.2) is 95.1 Å². The minimum Gasteiger partial charge on any atom is -0.390 e. The van der Waals surface area contributed by atoms with Crippen LogP contribution < -0.4 is 21.7 Å². The normalized spacial score (nSPS) is 18.2. The number of sulfone groups is 1. The van der Waals surface area contributed by atoms with E-state index in [2.05, 4.69) is 20.9 Å². The Balaban J connectivity index is 1.37. The zero-order valence-electron chi connectivity index (χ0n) is 30.6. The molecule has 3 aromatic carbocycles. The number of para-hydroxylation sites is 1. The van der Waals surface area contributed by atoms with Gasteiger partial charge in [-0.3, -0.25) is 24.1 Å². The summed E-state index contributed by atoms with van der Waals surface area (Å²) >= 11 is 0. The van der Waals surface area contributed by atoms with E-state index in [1.165, 1.54) is 6.07 Å². The summed E-state index contributed by atoms with van der Waals surface area (Å²) in [6, 6.07) is 24.5. The number of β-amino-alcohol motifs (C(OH)–C–C–N with tert-alkyl or cyclic N) is 1. The molecule has 5 atom stereocenters. The van der Waals surface area contributed by atoms with Gasteiger partial charge in [0.15, 0.2) is 9.84 Å². The molecule has 1 saturated heterocycles. The van der Waals surface area contributed by atoms with Gasteiger partial charge in [-0.2, -0.15) is 0 Å². The number of aliphatic hydroxyl groups is 1. The van der Waals surface area contributed by atoms with Crippen LogP contribution in [0.5, 0.6) is 0 Å². The number of hydrogen-bond donors (Lipinski definition) is 5. The van der Waals surface area contributed by atoms with E-state index in [-0.39, 0.29) is 48.8 Å². The average molecular weight is 757 g/mol. The molecule has 0 bridgehead atoms. The molecule has 1 aliphatic heterocycles. The molecule has 2 heterocycles. The number of piperidine rings is 1. The van der Waals surface area contributed by atoms with E-state index in [1.54, 1.807) is 53.4 Å². The summed E-state index contributed by atoms with van der Waals surface area (Å²) in [6.07, 6.45) is -1.41. The summed E-state index contributed by atoms with van der Waals surface area (Å²) in [5.41, 5.74) is 6.28. The van der Waals surface area contributed by atoms with Gasteiger partial charge < -0.3 is 26.8 Å². The van der Waals surface area contributed by atoms with Crippen molar-refractivity contribution >= 4 is 44.4 Å². The van der Waals surface area contributed by atoms with E-state index in [9.17, 15) is 32.7 Å². The number of rotatable bonds is 14. The molecule has 13 nitrogen and oxygen atoms in total. The van der Waals surface area contributed by atoms with Crippen molar-refractivity contribution in [2.45, 2.75) is 86.4 Å². The van der Waals surface area contributed by atoms with Crippen molar-refractivity contribution in [3.8, 4) is 0 Å². The number of amides is 4. The minimum atomic E-state index is -3.76. The van der Waals surface area contributed by atoms with Crippen molar-refractivity contribution < 1.29 is 32.7 Å². The van der Waals surface area contributed by atoms with Gasteiger partial charge in [0.2, 0.25) is 17.7 Å². The SMILES string of the molecule is CC(C)(C)NC(=O)[C@@H]1C[C@H](S(=O)(=O)c2ccccc2)CCN1CC(O)C(Cc1ccccc1)NC(=O)C(CC(N)=O)NC(=O)c1ccc2ccccc2n1. The van der Waals surface area contributed by atoms with Crippen molar-refractivity contribution in [1.29, 1.82) is 0 Å². The number of primary amides is 1. The van der Waals surface area contributed by atoms with Crippen LogP contribution in [0.2, 0.25) is 0 Å². The maximum Gasteiger partial charge on any atom is 0.270 e. The van der Waals surface area contributed by atoms with Gasteiger partial charge in [-0.15, -0.1) is 0 Å². The summed E-state index contributed by atoms with van der Waals surface area (Å²) in [6.45, 7) is 5.57. The Morgan fingerprint density at radius 3 is 2.22 bits per heavy atom. The van der Waals surface area contributed by atoms with Crippen LogP contribution in [0.3, 0.4) is 0 Å². The maximum atomic E-state index is 13.9. The fraction of sp³-hybridized carbons (Fsp3) is 0.375. The highest BCUT2D eigenvalue weighted by molar-refractivity contribution is 7.92. The molecular weight excluding hydrogens is 709 g/mol. The number of carbonyl (C=O) groups is 4. The van der Waals surface area contributed by atoms with Gasteiger partial charge in [-0.25, -0.2) is 13.4 Å². The number of nitrogens with one attached hydrogen (secondary N) is 3. The van der Waals surface area contributed by atoms with Gasteiger partial charge in [0.25, 0.3) is 5.91 Å². The van der Waals surface area contributed by atoms with E-state index in [0.29, 0.717) is 5.52 Å². The van der Waals surface area contributed by atoms with Gasteiger partial charge in [0.05, 0.1) is 40.3 Å². The average Bonchev–Trinajstić information content (AvgIpc) is 3.14. The van der Waals surface area contributed by atoms with E-state index in [4.69, 9.17) is 5.73 Å². The molecule has 286 valence electrons. The number of aromatic nitrogens is 1. The van der Waals surface area contributed by atoms with Gasteiger partial charge in [-0.1, -0.05) is 72.8 Å². The molecule has 0 radical (unpaired) electrons. The second-order valence-electron chi connectivity index (χ2n) is 14.7. The highest BCUT2D eigenvalue weighted by Gasteiger charge is 2.42. The smallest absolute Gasteiger partial charge is 0.270 e. The molecule has 14 heteroatoms. The Bertz CT molecular complexity index is 2060. The molecule has 0 saturated carbocycles. The monoisotopic (exact) mass is 756 g/mol. The number of carbonyl (C=O) groups excluding carboxylic acids is 4. The zero-order chi connectivity index (χ0) is 39.0. The number of benzene rings is 3. The van der Waals surface area contributed by atoms with Crippen molar-refractivity contribution in [3.05, 3.63) is 108 Å².